The molecule has 0 aromatic heterocycles. The lowest BCUT2D eigenvalue weighted by atomic mass is 10.2. The van der Waals surface area contributed by atoms with Gasteiger partial charge in [-0.05, 0) is 25.1 Å². The minimum atomic E-state index is 0.0223. The van der Waals surface area contributed by atoms with E-state index >= 15 is 0 Å². The number of hydrogen-bond donors (Lipinski definition) is 2. The molecule has 15 heavy (non-hydrogen) atoms. The van der Waals surface area contributed by atoms with Gasteiger partial charge in [0.1, 0.15) is 0 Å². The van der Waals surface area contributed by atoms with E-state index in [9.17, 15) is 4.79 Å². The minimum Gasteiger partial charge on any atom is -0.397 e. The van der Waals surface area contributed by atoms with E-state index in [1.165, 1.54) is 0 Å². The van der Waals surface area contributed by atoms with Crippen molar-refractivity contribution in [1.82, 2.24) is 0 Å². The Labute approximate surface area is 90.1 Å². The smallest absolute Gasteiger partial charge is 0.223 e. The van der Waals surface area contributed by atoms with Crippen molar-refractivity contribution >= 4 is 23.0 Å². The van der Waals surface area contributed by atoms with Crippen LogP contribution in [-0.4, -0.2) is 19.5 Å². The predicted molar refractivity (Wildman–Crippen MR) is 64.1 cm³/mol. The Kier molecular flexibility index (Phi) is 3.55. The first-order chi connectivity index (χ1) is 7.10. The maximum Gasteiger partial charge on any atom is 0.223 e. The van der Waals surface area contributed by atoms with Gasteiger partial charge in [-0.15, -0.1) is 0 Å². The summed E-state index contributed by atoms with van der Waals surface area (Å²) in [4.78, 5) is 13.0. The Morgan fingerprint density at radius 1 is 1.53 bits per heavy atom. The summed E-state index contributed by atoms with van der Waals surface area (Å²) < 4.78 is 0. The first kappa shape index (κ1) is 11.4. The molecule has 0 unspecified atom stereocenters. The van der Waals surface area contributed by atoms with E-state index in [1.807, 2.05) is 26.1 Å². The summed E-state index contributed by atoms with van der Waals surface area (Å²) in [5.41, 5.74) is 8.18. The van der Waals surface area contributed by atoms with Crippen LogP contribution in [0, 0.1) is 0 Å². The number of nitrogens with two attached hydrogens (primary N) is 1. The molecule has 4 nitrogen and oxygen atoms in total. The molecule has 0 heterocycles. The van der Waals surface area contributed by atoms with Gasteiger partial charge in [-0.1, -0.05) is 0 Å². The lowest BCUT2D eigenvalue weighted by molar-refractivity contribution is -0.116. The van der Waals surface area contributed by atoms with Crippen molar-refractivity contribution in [3.8, 4) is 0 Å². The molecular formula is C11H17N3O. The Morgan fingerprint density at radius 2 is 2.20 bits per heavy atom. The molecular weight excluding hydrogens is 190 g/mol. The second-order valence-corrected chi connectivity index (χ2v) is 3.28. The topological polar surface area (TPSA) is 58.4 Å². The van der Waals surface area contributed by atoms with Crippen molar-refractivity contribution < 1.29 is 4.79 Å². The van der Waals surface area contributed by atoms with Crippen LogP contribution in [0.1, 0.15) is 13.8 Å². The summed E-state index contributed by atoms with van der Waals surface area (Å²) in [6, 6.07) is 5.56. The lowest BCUT2D eigenvalue weighted by Crippen LogP contribution is -2.27. The highest BCUT2D eigenvalue weighted by Crippen LogP contribution is 2.24. The highest BCUT2D eigenvalue weighted by molar-refractivity contribution is 5.92. The van der Waals surface area contributed by atoms with E-state index in [2.05, 4.69) is 5.32 Å². The number of carbonyl (C=O) groups excluding carboxylic acids is 1. The standard InChI is InChI=1S/C11H17N3O/c1-4-14(8(2)15)9-5-6-11(13-3)10(12)7-9/h5-7,13H,4,12H2,1-3H3. The summed E-state index contributed by atoms with van der Waals surface area (Å²) in [5, 5.41) is 2.98. The van der Waals surface area contributed by atoms with Crippen LogP contribution in [0.3, 0.4) is 0 Å². The summed E-state index contributed by atoms with van der Waals surface area (Å²) in [6.45, 7) is 4.13. The molecule has 0 spiro atoms. The van der Waals surface area contributed by atoms with Crippen molar-refractivity contribution in [3.05, 3.63) is 18.2 Å². The zero-order valence-corrected chi connectivity index (χ0v) is 9.37. The molecule has 0 bridgehead atoms. The van der Waals surface area contributed by atoms with Gasteiger partial charge in [0, 0.05) is 26.2 Å². The average molecular weight is 207 g/mol. The molecule has 0 fully saturated rings. The molecule has 1 aromatic carbocycles. The molecule has 0 aliphatic carbocycles. The Hall–Kier alpha value is -1.71. The Morgan fingerprint density at radius 3 is 2.60 bits per heavy atom. The van der Waals surface area contributed by atoms with Gasteiger partial charge in [-0.3, -0.25) is 4.79 Å². The van der Waals surface area contributed by atoms with Crippen LogP contribution >= 0.6 is 0 Å². The monoisotopic (exact) mass is 207 g/mol. The molecule has 0 saturated carbocycles. The van der Waals surface area contributed by atoms with Crippen molar-refractivity contribution in [2.45, 2.75) is 13.8 Å². The van der Waals surface area contributed by atoms with Crippen LogP contribution < -0.4 is 16.0 Å². The number of nitrogen functional groups attached to an aromatic ring is 1. The Balaban J connectivity index is 3.05. The number of anilines is 3. The van der Waals surface area contributed by atoms with E-state index < -0.39 is 0 Å². The van der Waals surface area contributed by atoms with Crippen LogP contribution in [-0.2, 0) is 4.79 Å². The SMILES string of the molecule is CCN(C(C)=O)c1ccc(NC)c(N)c1. The zero-order valence-electron chi connectivity index (χ0n) is 9.37. The van der Waals surface area contributed by atoms with Crippen molar-refractivity contribution in [1.29, 1.82) is 0 Å². The highest BCUT2D eigenvalue weighted by atomic mass is 16.2. The third-order valence-electron chi connectivity index (χ3n) is 2.31. The quantitative estimate of drug-likeness (QED) is 0.741. The lowest BCUT2D eigenvalue weighted by Gasteiger charge is -2.20. The molecule has 4 heteroatoms. The average Bonchev–Trinajstić information content (AvgIpc) is 2.18. The normalized spacial score (nSPS) is 9.80. The van der Waals surface area contributed by atoms with Gasteiger partial charge >= 0.3 is 0 Å². The van der Waals surface area contributed by atoms with E-state index in [1.54, 1.807) is 17.9 Å². The van der Waals surface area contributed by atoms with Gasteiger partial charge in [0.25, 0.3) is 0 Å². The molecule has 1 rings (SSSR count). The van der Waals surface area contributed by atoms with Crippen molar-refractivity contribution in [3.63, 3.8) is 0 Å². The number of nitrogens with zero attached hydrogens (tertiary/aromatic N) is 1. The predicted octanol–water partition coefficient (Wildman–Crippen LogP) is 1.68. The molecule has 0 aliphatic heterocycles. The molecule has 0 aliphatic rings. The maximum atomic E-state index is 11.3. The van der Waals surface area contributed by atoms with Crippen LogP contribution in [0.15, 0.2) is 18.2 Å². The van der Waals surface area contributed by atoms with Gasteiger partial charge in [0.15, 0.2) is 0 Å². The number of nitrogens with one attached hydrogen (secondary N) is 1. The molecule has 3 N–H and O–H groups in total. The van der Waals surface area contributed by atoms with Gasteiger partial charge in [-0.2, -0.15) is 0 Å². The fourth-order valence-electron chi connectivity index (χ4n) is 1.53. The highest BCUT2D eigenvalue weighted by Gasteiger charge is 2.09. The van der Waals surface area contributed by atoms with E-state index in [4.69, 9.17) is 5.73 Å². The van der Waals surface area contributed by atoms with Crippen molar-refractivity contribution in [2.24, 2.45) is 0 Å². The van der Waals surface area contributed by atoms with Gasteiger partial charge < -0.3 is 16.0 Å². The molecule has 0 atom stereocenters. The fourth-order valence-corrected chi connectivity index (χ4v) is 1.53. The second kappa shape index (κ2) is 4.68. The summed E-state index contributed by atoms with van der Waals surface area (Å²) in [7, 11) is 1.81. The number of benzene rings is 1. The Bertz CT molecular complexity index is 363. The fraction of sp³-hybridized carbons (Fsp3) is 0.364. The third kappa shape index (κ3) is 2.40. The van der Waals surface area contributed by atoms with Gasteiger partial charge in [-0.25, -0.2) is 0 Å². The van der Waals surface area contributed by atoms with Crippen LogP contribution in [0.4, 0.5) is 17.1 Å². The van der Waals surface area contributed by atoms with Gasteiger partial charge in [0.05, 0.1) is 11.4 Å². The number of hydrogen-bond acceptors (Lipinski definition) is 3. The number of amides is 1. The zero-order chi connectivity index (χ0) is 11.4. The molecule has 82 valence electrons. The summed E-state index contributed by atoms with van der Waals surface area (Å²) in [5.74, 6) is 0.0223. The molecule has 1 aromatic rings. The van der Waals surface area contributed by atoms with Crippen LogP contribution in [0.5, 0.6) is 0 Å². The van der Waals surface area contributed by atoms with E-state index in [-0.39, 0.29) is 5.91 Å². The van der Waals surface area contributed by atoms with E-state index in [0.717, 1.165) is 11.4 Å². The first-order valence-corrected chi connectivity index (χ1v) is 4.95. The largest absolute Gasteiger partial charge is 0.397 e. The summed E-state index contributed by atoms with van der Waals surface area (Å²) in [6.07, 6.45) is 0. The third-order valence-corrected chi connectivity index (χ3v) is 2.31. The first-order valence-electron chi connectivity index (χ1n) is 4.95. The van der Waals surface area contributed by atoms with Crippen molar-refractivity contribution in [2.75, 3.05) is 29.5 Å². The van der Waals surface area contributed by atoms with Gasteiger partial charge in [0.2, 0.25) is 5.91 Å². The summed E-state index contributed by atoms with van der Waals surface area (Å²) >= 11 is 0. The maximum absolute atomic E-state index is 11.3. The number of carbonyl (C=O) groups is 1. The van der Waals surface area contributed by atoms with Crippen LogP contribution in [0.2, 0.25) is 0 Å². The minimum absolute atomic E-state index is 0.0223. The molecule has 0 radical (unpaired) electrons. The number of rotatable bonds is 3. The molecule has 0 saturated heterocycles. The van der Waals surface area contributed by atoms with E-state index in [0.29, 0.717) is 12.2 Å². The molecule has 1 amide bonds. The van der Waals surface area contributed by atoms with Crippen LogP contribution in [0.25, 0.3) is 0 Å². The second-order valence-electron chi connectivity index (χ2n) is 3.28.